The summed E-state index contributed by atoms with van der Waals surface area (Å²) in [7, 11) is 0. The summed E-state index contributed by atoms with van der Waals surface area (Å²) >= 11 is 0.300. The van der Waals surface area contributed by atoms with E-state index in [1.54, 1.807) is 0 Å². The molecule has 0 unspecified atom stereocenters. The first-order valence-corrected chi connectivity index (χ1v) is 1.37. The number of rotatable bonds is 0. The van der Waals surface area contributed by atoms with Gasteiger partial charge in [-0.1, -0.05) is 0 Å². The SMILES string of the molecule is [Cu].[Li].[O]=[Sn]. The van der Waals surface area contributed by atoms with E-state index in [-0.39, 0.29) is 35.9 Å². The van der Waals surface area contributed by atoms with Crippen LogP contribution < -0.4 is 0 Å². The maximum atomic E-state index is 8.34. The van der Waals surface area contributed by atoms with E-state index in [0.717, 1.165) is 0 Å². The van der Waals surface area contributed by atoms with E-state index in [1.807, 2.05) is 0 Å². The summed E-state index contributed by atoms with van der Waals surface area (Å²) in [5.41, 5.74) is 0. The van der Waals surface area contributed by atoms with Crippen LogP contribution >= 0.6 is 0 Å². The van der Waals surface area contributed by atoms with Crippen LogP contribution in [-0.4, -0.2) is 41.4 Å². The topological polar surface area (TPSA) is 17.1 Å². The Morgan fingerprint density at radius 3 is 1.25 bits per heavy atom. The van der Waals surface area contributed by atoms with Gasteiger partial charge in [0, 0.05) is 35.9 Å². The zero-order valence-electron chi connectivity index (χ0n) is 2.21. The van der Waals surface area contributed by atoms with E-state index in [1.165, 1.54) is 0 Å². The molecule has 0 heterocycles. The monoisotopic (exact) mass is 206 g/mol. The fraction of sp³-hybridized carbons (Fsp3) is 0. The van der Waals surface area contributed by atoms with Crippen LogP contribution in [-0.2, 0) is 20.1 Å². The van der Waals surface area contributed by atoms with Crippen LogP contribution in [0.25, 0.3) is 0 Å². The molecule has 0 amide bonds. The molecule has 4 heavy (non-hydrogen) atoms. The first kappa shape index (κ1) is 17.2. The molecule has 0 aromatic carbocycles. The fourth-order valence-corrected chi connectivity index (χ4v) is 0. The minimum absolute atomic E-state index is 0. The predicted octanol–water partition coefficient (Wildman–Crippen LogP) is -0.883. The second-order valence-corrected chi connectivity index (χ2v) is 0. The average molecular weight is 205 g/mol. The third-order valence-electron chi connectivity index (χ3n) is 0. The summed E-state index contributed by atoms with van der Waals surface area (Å²) in [5, 5.41) is 0. The van der Waals surface area contributed by atoms with Crippen LogP contribution in [0.1, 0.15) is 0 Å². The molecule has 0 aromatic heterocycles. The van der Waals surface area contributed by atoms with Gasteiger partial charge in [-0.15, -0.1) is 0 Å². The second-order valence-electron chi connectivity index (χ2n) is 0. The Hall–Kier alpha value is 1.72. The zero-order chi connectivity index (χ0) is 2.00. The van der Waals surface area contributed by atoms with Crippen molar-refractivity contribution in [3.8, 4) is 0 Å². The van der Waals surface area contributed by atoms with Crippen molar-refractivity contribution in [2.45, 2.75) is 0 Å². The Kier molecular flexibility index (Phi) is 95.3. The van der Waals surface area contributed by atoms with Crippen LogP contribution in [0.4, 0.5) is 0 Å². The van der Waals surface area contributed by atoms with Gasteiger partial charge in [0.2, 0.25) is 0 Å². The Bertz CT molecular complexity index is 8.00. The van der Waals surface area contributed by atoms with E-state index in [4.69, 9.17) is 3.08 Å². The van der Waals surface area contributed by atoms with E-state index in [0.29, 0.717) is 22.5 Å². The van der Waals surface area contributed by atoms with Crippen molar-refractivity contribution in [1.82, 2.24) is 0 Å². The molecule has 0 rings (SSSR count). The van der Waals surface area contributed by atoms with Gasteiger partial charge in [0.05, 0.1) is 0 Å². The van der Waals surface area contributed by atoms with Crippen LogP contribution in [0.15, 0.2) is 0 Å². The molecule has 4 radical (unpaired) electrons. The predicted molar refractivity (Wildman–Crippen MR) is 12.2 cm³/mol. The first-order valence-electron chi connectivity index (χ1n) is 0.204. The summed E-state index contributed by atoms with van der Waals surface area (Å²) in [6.07, 6.45) is 0. The van der Waals surface area contributed by atoms with E-state index in [2.05, 4.69) is 0 Å². The van der Waals surface area contributed by atoms with E-state index < -0.39 is 0 Å². The van der Waals surface area contributed by atoms with Gasteiger partial charge in [-0.3, -0.25) is 0 Å². The van der Waals surface area contributed by atoms with Gasteiger partial charge >= 0.3 is 25.6 Å². The van der Waals surface area contributed by atoms with Crippen molar-refractivity contribution in [2.24, 2.45) is 0 Å². The first-order chi connectivity index (χ1) is 1.00. The van der Waals surface area contributed by atoms with Crippen LogP contribution in [0.2, 0.25) is 0 Å². The van der Waals surface area contributed by atoms with Gasteiger partial charge in [0.25, 0.3) is 0 Å². The van der Waals surface area contributed by atoms with Crippen molar-refractivity contribution in [3.05, 3.63) is 0 Å². The summed E-state index contributed by atoms with van der Waals surface area (Å²) in [6.45, 7) is 0. The Morgan fingerprint density at radius 2 is 1.25 bits per heavy atom. The van der Waals surface area contributed by atoms with Crippen LogP contribution in [0, 0.1) is 0 Å². The molecule has 0 fully saturated rings. The molecule has 0 atom stereocenters. The quantitative estimate of drug-likeness (QED) is 0.469. The summed E-state index contributed by atoms with van der Waals surface area (Å²) in [5.74, 6) is 0. The molecule has 1 nitrogen and oxygen atoms in total. The van der Waals surface area contributed by atoms with E-state index in [9.17, 15) is 0 Å². The van der Waals surface area contributed by atoms with Gasteiger partial charge in [-0.25, -0.2) is 0 Å². The van der Waals surface area contributed by atoms with Gasteiger partial charge < -0.3 is 0 Å². The van der Waals surface area contributed by atoms with Crippen molar-refractivity contribution in [3.63, 3.8) is 0 Å². The van der Waals surface area contributed by atoms with E-state index >= 15 is 0 Å². The van der Waals surface area contributed by atoms with Gasteiger partial charge in [-0.2, -0.15) is 0 Å². The van der Waals surface area contributed by atoms with Gasteiger partial charge in [0.1, 0.15) is 0 Å². The third-order valence-corrected chi connectivity index (χ3v) is 0. The van der Waals surface area contributed by atoms with Crippen molar-refractivity contribution < 1.29 is 20.1 Å². The molecule has 22 valence electrons. The van der Waals surface area contributed by atoms with Crippen molar-refractivity contribution >= 4 is 41.4 Å². The standard InChI is InChI=1S/Cu.Li.O.Sn. The molecule has 0 saturated carbocycles. The summed E-state index contributed by atoms with van der Waals surface area (Å²) < 4.78 is 8.34. The number of hydrogen-bond acceptors (Lipinski definition) is 1. The minimum atomic E-state index is 0. The molecular formula is CuLiOSn. The molecule has 0 N–H and O–H groups in total. The summed E-state index contributed by atoms with van der Waals surface area (Å²) in [6, 6.07) is 0. The molecule has 0 aromatic rings. The molecule has 0 spiro atoms. The number of hydrogen-bond donors (Lipinski definition) is 0. The normalized spacial score (nSPS) is 1.00. The average Bonchev–Trinajstić information content (AvgIpc) is 1.00. The molecule has 0 saturated heterocycles. The molecule has 0 bridgehead atoms. The molecule has 4 heteroatoms. The van der Waals surface area contributed by atoms with Crippen LogP contribution in [0.5, 0.6) is 0 Å². The molecular weight excluding hydrogens is 205 g/mol. The Labute approximate surface area is 61.0 Å². The van der Waals surface area contributed by atoms with Gasteiger partial charge in [0.15, 0.2) is 0 Å². The maximum absolute atomic E-state index is 8.34. The second kappa shape index (κ2) is 22.1. The fourth-order valence-electron chi connectivity index (χ4n) is 0. The summed E-state index contributed by atoms with van der Waals surface area (Å²) in [4.78, 5) is 0. The zero-order valence-corrected chi connectivity index (χ0v) is 6.01. The molecule has 0 aliphatic rings. The van der Waals surface area contributed by atoms with Crippen molar-refractivity contribution in [1.29, 1.82) is 0 Å². The Balaban J connectivity index is -0.00000000500. The third kappa shape index (κ3) is 9.31. The van der Waals surface area contributed by atoms with Crippen molar-refractivity contribution in [2.75, 3.05) is 0 Å². The van der Waals surface area contributed by atoms with Gasteiger partial charge in [-0.05, 0) is 0 Å². The van der Waals surface area contributed by atoms with Crippen LogP contribution in [0.3, 0.4) is 0 Å². The molecule has 0 aliphatic heterocycles. The molecule has 0 aliphatic carbocycles. The Morgan fingerprint density at radius 1 is 1.25 bits per heavy atom.